The molecule has 0 aliphatic heterocycles. The molecular formula is C11H12ClN3. The largest absolute Gasteiger partial charge is 0.247 e. The van der Waals surface area contributed by atoms with E-state index in [1.165, 1.54) is 5.56 Å². The van der Waals surface area contributed by atoms with Crippen LogP contribution in [-0.2, 0) is 13.5 Å². The van der Waals surface area contributed by atoms with E-state index in [2.05, 4.69) is 29.1 Å². The molecule has 2 rings (SSSR count). The molecule has 0 unspecified atom stereocenters. The molecule has 1 aromatic heterocycles. The summed E-state index contributed by atoms with van der Waals surface area (Å²) in [7, 11) is 1.84. The highest BCUT2D eigenvalue weighted by atomic mass is 35.5. The summed E-state index contributed by atoms with van der Waals surface area (Å²) in [4.78, 5) is 4.15. The lowest BCUT2D eigenvalue weighted by Gasteiger charge is -2.01. The maximum Gasteiger partial charge on any atom is 0.242 e. The van der Waals surface area contributed by atoms with E-state index in [9.17, 15) is 0 Å². The van der Waals surface area contributed by atoms with Crippen LogP contribution in [0.15, 0.2) is 24.3 Å². The second-order valence-electron chi connectivity index (χ2n) is 3.38. The van der Waals surface area contributed by atoms with Crippen LogP contribution in [0.4, 0.5) is 0 Å². The number of halogens is 1. The highest BCUT2D eigenvalue weighted by Crippen LogP contribution is 2.18. The van der Waals surface area contributed by atoms with E-state index in [1.807, 2.05) is 19.2 Å². The fourth-order valence-electron chi connectivity index (χ4n) is 1.49. The lowest BCUT2D eigenvalue weighted by Crippen LogP contribution is -1.94. The maximum absolute atomic E-state index is 5.73. The Morgan fingerprint density at radius 1 is 1.27 bits per heavy atom. The van der Waals surface area contributed by atoms with Gasteiger partial charge < -0.3 is 0 Å². The number of rotatable bonds is 2. The first-order valence-electron chi connectivity index (χ1n) is 4.86. The standard InChI is InChI=1S/C11H12ClN3/c1-3-8-4-6-9(7-5-8)10-13-11(12)14-15(10)2/h4-7H,3H2,1-2H3. The molecule has 1 heterocycles. The van der Waals surface area contributed by atoms with Crippen LogP contribution in [0.1, 0.15) is 12.5 Å². The average Bonchev–Trinajstić information content (AvgIpc) is 2.58. The number of hydrogen-bond acceptors (Lipinski definition) is 2. The van der Waals surface area contributed by atoms with E-state index >= 15 is 0 Å². The molecule has 0 bridgehead atoms. The van der Waals surface area contributed by atoms with Crippen molar-refractivity contribution in [2.45, 2.75) is 13.3 Å². The van der Waals surface area contributed by atoms with Gasteiger partial charge in [-0.25, -0.2) is 4.68 Å². The topological polar surface area (TPSA) is 30.7 Å². The Bertz CT molecular complexity index is 459. The van der Waals surface area contributed by atoms with Crippen molar-refractivity contribution in [3.8, 4) is 11.4 Å². The third-order valence-corrected chi connectivity index (χ3v) is 2.52. The van der Waals surface area contributed by atoms with Gasteiger partial charge in [-0.15, -0.1) is 5.10 Å². The van der Waals surface area contributed by atoms with E-state index in [0.717, 1.165) is 17.8 Å². The zero-order chi connectivity index (χ0) is 10.8. The smallest absolute Gasteiger partial charge is 0.242 e. The summed E-state index contributed by atoms with van der Waals surface area (Å²) >= 11 is 5.73. The van der Waals surface area contributed by atoms with Gasteiger partial charge in [-0.3, -0.25) is 0 Å². The average molecular weight is 222 g/mol. The quantitative estimate of drug-likeness (QED) is 0.781. The third kappa shape index (κ3) is 2.02. The van der Waals surface area contributed by atoms with Gasteiger partial charge in [0.15, 0.2) is 5.82 Å². The summed E-state index contributed by atoms with van der Waals surface area (Å²) in [6.07, 6.45) is 1.04. The highest BCUT2D eigenvalue weighted by molar-refractivity contribution is 6.28. The summed E-state index contributed by atoms with van der Waals surface area (Å²) in [6.45, 7) is 2.13. The van der Waals surface area contributed by atoms with Crippen molar-refractivity contribution in [1.29, 1.82) is 0 Å². The fourth-order valence-corrected chi connectivity index (χ4v) is 1.69. The van der Waals surface area contributed by atoms with Crippen molar-refractivity contribution in [2.24, 2.45) is 7.05 Å². The molecule has 2 aromatic rings. The van der Waals surface area contributed by atoms with E-state index in [4.69, 9.17) is 11.6 Å². The second-order valence-corrected chi connectivity index (χ2v) is 3.72. The van der Waals surface area contributed by atoms with Gasteiger partial charge in [0, 0.05) is 12.6 Å². The molecule has 0 atom stereocenters. The first-order valence-corrected chi connectivity index (χ1v) is 5.24. The van der Waals surface area contributed by atoms with Gasteiger partial charge in [0.05, 0.1) is 0 Å². The minimum atomic E-state index is 0.284. The summed E-state index contributed by atoms with van der Waals surface area (Å²) in [5, 5.41) is 4.29. The van der Waals surface area contributed by atoms with Crippen molar-refractivity contribution < 1.29 is 0 Å². The summed E-state index contributed by atoms with van der Waals surface area (Å²) in [6, 6.07) is 8.27. The van der Waals surface area contributed by atoms with Crippen LogP contribution in [0.2, 0.25) is 5.28 Å². The van der Waals surface area contributed by atoms with Crippen molar-refractivity contribution in [3.05, 3.63) is 35.1 Å². The maximum atomic E-state index is 5.73. The van der Waals surface area contributed by atoms with Gasteiger partial charge in [-0.1, -0.05) is 31.2 Å². The monoisotopic (exact) mass is 221 g/mol. The minimum Gasteiger partial charge on any atom is -0.247 e. The fraction of sp³-hybridized carbons (Fsp3) is 0.273. The first-order chi connectivity index (χ1) is 7.20. The molecule has 0 aliphatic carbocycles. The molecule has 0 amide bonds. The van der Waals surface area contributed by atoms with E-state index in [1.54, 1.807) is 4.68 Å². The molecule has 0 saturated heterocycles. The Morgan fingerprint density at radius 3 is 2.40 bits per heavy atom. The molecule has 1 aromatic carbocycles. The number of aryl methyl sites for hydroxylation is 2. The zero-order valence-electron chi connectivity index (χ0n) is 8.74. The highest BCUT2D eigenvalue weighted by Gasteiger charge is 2.07. The number of benzene rings is 1. The Labute approximate surface area is 93.7 Å². The molecule has 3 nitrogen and oxygen atoms in total. The molecular weight excluding hydrogens is 210 g/mol. The Morgan fingerprint density at radius 2 is 1.93 bits per heavy atom. The predicted octanol–water partition coefficient (Wildman–Crippen LogP) is 2.70. The predicted molar refractivity (Wildman–Crippen MR) is 60.8 cm³/mol. The van der Waals surface area contributed by atoms with Crippen molar-refractivity contribution >= 4 is 11.6 Å². The van der Waals surface area contributed by atoms with Crippen LogP contribution in [-0.4, -0.2) is 14.8 Å². The third-order valence-electron chi connectivity index (χ3n) is 2.36. The SMILES string of the molecule is CCc1ccc(-c2nc(Cl)nn2C)cc1. The van der Waals surface area contributed by atoms with Crippen LogP contribution in [0.5, 0.6) is 0 Å². The molecule has 78 valence electrons. The normalized spacial score (nSPS) is 10.6. The number of hydrogen-bond donors (Lipinski definition) is 0. The molecule has 4 heteroatoms. The molecule has 0 fully saturated rings. The van der Waals surface area contributed by atoms with Gasteiger partial charge in [0.2, 0.25) is 5.28 Å². The second kappa shape index (κ2) is 4.03. The lowest BCUT2D eigenvalue weighted by atomic mass is 10.1. The number of aromatic nitrogens is 3. The summed E-state index contributed by atoms with van der Waals surface area (Å²) in [5.41, 5.74) is 2.35. The van der Waals surface area contributed by atoms with Gasteiger partial charge in [-0.05, 0) is 23.6 Å². The Hall–Kier alpha value is -1.35. The lowest BCUT2D eigenvalue weighted by molar-refractivity contribution is 0.775. The van der Waals surface area contributed by atoms with E-state index in [0.29, 0.717) is 0 Å². The molecule has 0 saturated carbocycles. The van der Waals surface area contributed by atoms with Crippen molar-refractivity contribution in [1.82, 2.24) is 14.8 Å². The molecule has 0 radical (unpaired) electrons. The van der Waals surface area contributed by atoms with Gasteiger partial charge in [0.1, 0.15) is 0 Å². The van der Waals surface area contributed by atoms with E-state index < -0.39 is 0 Å². The van der Waals surface area contributed by atoms with Gasteiger partial charge in [0.25, 0.3) is 0 Å². The van der Waals surface area contributed by atoms with Crippen molar-refractivity contribution in [3.63, 3.8) is 0 Å². The summed E-state index contributed by atoms with van der Waals surface area (Å²) < 4.78 is 1.68. The van der Waals surface area contributed by atoms with E-state index in [-0.39, 0.29) is 5.28 Å². The van der Waals surface area contributed by atoms with Gasteiger partial charge >= 0.3 is 0 Å². The van der Waals surface area contributed by atoms with Crippen LogP contribution < -0.4 is 0 Å². The summed E-state index contributed by atoms with van der Waals surface area (Å²) in [5.74, 6) is 0.794. The molecule has 15 heavy (non-hydrogen) atoms. The van der Waals surface area contributed by atoms with Crippen LogP contribution in [0, 0.1) is 0 Å². The van der Waals surface area contributed by atoms with Crippen molar-refractivity contribution in [2.75, 3.05) is 0 Å². The first kappa shape index (κ1) is 10.2. The molecule has 0 spiro atoms. The van der Waals surface area contributed by atoms with Crippen LogP contribution >= 0.6 is 11.6 Å². The van der Waals surface area contributed by atoms with Crippen LogP contribution in [0.3, 0.4) is 0 Å². The molecule has 0 N–H and O–H groups in total. The Balaban J connectivity index is 2.41. The number of nitrogens with zero attached hydrogens (tertiary/aromatic N) is 3. The van der Waals surface area contributed by atoms with Gasteiger partial charge in [-0.2, -0.15) is 4.98 Å². The zero-order valence-corrected chi connectivity index (χ0v) is 9.49. The minimum absolute atomic E-state index is 0.284. The Kier molecular flexibility index (Phi) is 2.73. The molecule has 0 aliphatic rings. The van der Waals surface area contributed by atoms with Crippen LogP contribution in [0.25, 0.3) is 11.4 Å².